The lowest BCUT2D eigenvalue weighted by Gasteiger charge is -2.47. The fourth-order valence-corrected chi connectivity index (χ4v) is 5.96. The minimum absolute atomic E-state index is 0.00109. The molecule has 1 amide bonds. The molecule has 2 heterocycles. The molecule has 1 fully saturated rings. The molecule has 11 nitrogen and oxygen atoms in total. The van der Waals surface area contributed by atoms with Gasteiger partial charge in [-0.3, -0.25) is 9.36 Å². The van der Waals surface area contributed by atoms with Crippen LogP contribution in [0, 0.1) is 0 Å². The van der Waals surface area contributed by atoms with E-state index in [0.29, 0.717) is 28.0 Å². The molecule has 0 spiro atoms. The third-order valence-corrected chi connectivity index (χ3v) is 8.39. The van der Waals surface area contributed by atoms with E-state index in [1.807, 2.05) is 72.8 Å². The highest BCUT2D eigenvalue weighted by molar-refractivity contribution is 6.03. The molecule has 5 aromatic rings. The van der Waals surface area contributed by atoms with Crippen LogP contribution in [0.1, 0.15) is 33.3 Å². The molecule has 4 N–H and O–H groups in total. The summed E-state index contributed by atoms with van der Waals surface area (Å²) >= 11 is 0. The maximum atomic E-state index is 13.6. The summed E-state index contributed by atoms with van der Waals surface area (Å²) in [5.41, 5.74) is 0.191. The number of amides is 1. The number of aromatic nitrogens is 2. The number of nitrogens with zero attached hydrogens (tertiary/aromatic N) is 2. The van der Waals surface area contributed by atoms with Gasteiger partial charge in [-0.1, -0.05) is 91.0 Å². The Morgan fingerprint density at radius 3 is 1.94 bits per heavy atom. The lowest BCUT2D eigenvalue weighted by Crippen LogP contribution is -2.60. The predicted molar refractivity (Wildman–Crippen MR) is 177 cm³/mol. The Morgan fingerprint density at radius 1 is 0.833 bits per heavy atom. The van der Waals surface area contributed by atoms with Gasteiger partial charge in [-0.15, -0.1) is 0 Å². The van der Waals surface area contributed by atoms with Crippen molar-refractivity contribution < 1.29 is 34.3 Å². The van der Waals surface area contributed by atoms with E-state index in [4.69, 9.17) is 14.2 Å². The largest absolute Gasteiger partial charge is 0.497 e. The molecule has 0 radical (unpaired) electrons. The lowest BCUT2D eigenvalue weighted by atomic mass is 9.79. The summed E-state index contributed by atoms with van der Waals surface area (Å²) < 4.78 is 19.7. The minimum atomic E-state index is -1.63. The average molecular weight is 650 g/mol. The van der Waals surface area contributed by atoms with Crippen LogP contribution < -0.4 is 15.7 Å². The quantitative estimate of drug-likeness (QED) is 0.167. The molecule has 48 heavy (non-hydrogen) atoms. The number of carbonyl (C=O) groups is 1. The highest BCUT2D eigenvalue weighted by Crippen LogP contribution is 2.45. The molecule has 5 atom stereocenters. The van der Waals surface area contributed by atoms with Crippen molar-refractivity contribution in [1.29, 1.82) is 0 Å². The van der Waals surface area contributed by atoms with E-state index in [1.54, 1.807) is 49.6 Å². The topological polar surface area (TPSA) is 152 Å². The van der Waals surface area contributed by atoms with Crippen molar-refractivity contribution in [2.75, 3.05) is 19.0 Å². The zero-order valence-corrected chi connectivity index (χ0v) is 26.0. The number of ether oxygens (including phenoxy) is 3. The third-order valence-electron chi connectivity index (χ3n) is 8.39. The van der Waals surface area contributed by atoms with Gasteiger partial charge in [0.1, 0.15) is 41.6 Å². The molecule has 0 unspecified atom stereocenters. The normalized spacial score (nSPS) is 21.0. The monoisotopic (exact) mass is 649 g/mol. The van der Waals surface area contributed by atoms with Gasteiger partial charge in [0.2, 0.25) is 0 Å². The summed E-state index contributed by atoms with van der Waals surface area (Å²) in [6.45, 7) is -0.643. The van der Waals surface area contributed by atoms with Gasteiger partial charge >= 0.3 is 5.69 Å². The van der Waals surface area contributed by atoms with E-state index in [-0.39, 0.29) is 5.82 Å². The molecule has 11 heteroatoms. The van der Waals surface area contributed by atoms with Crippen LogP contribution >= 0.6 is 0 Å². The zero-order valence-electron chi connectivity index (χ0n) is 26.0. The van der Waals surface area contributed by atoms with E-state index in [2.05, 4.69) is 10.3 Å². The second-order valence-electron chi connectivity index (χ2n) is 11.3. The van der Waals surface area contributed by atoms with Crippen LogP contribution in [0.25, 0.3) is 0 Å². The summed E-state index contributed by atoms with van der Waals surface area (Å²) in [4.78, 5) is 30.4. The van der Waals surface area contributed by atoms with Crippen LogP contribution in [0.5, 0.6) is 5.75 Å². The molecule has 1 aromatic heterocycles. The third kappa shape index (κ3) is 6.37. The van der Waals surface area contributed by atoms with Gasteiger partial charge in [0.05, 0.1) is 13.7 Å². The Kier molecular flexibility index (Phi) is 9.76. The smallest absolute Gasteiger partial charge is 0.351 e. The molecule has 0 bridgehead atoms. The van der Waals surface area contributed by atoms with E-state index in [0.717, 1.165) is 4.57 Å². The second kappa shape index (κ2) is 14.3. The Morgan fingerprint density at radius 2 is 1.40 bits per heavy atom. The zero-order chi connectivity index (χ0) is 33.7. The summed E-state index contributed by atoms with van der Waals surface area (Å²) in [6.07, 6.45) is -5.85. The molecule has 1 aliphatic rings. The molecule has 6 rings (SSSR count). The molecule has 0 saturated carbocycles. The van der Waals surface area contributed by atoms with Gasteiger partial charge in [-0.25, -0.2) is 4.79 Å². The number of rotatable bonds is 10. The van der Waals surface area contributed by atoms with Crippen molar-refractivity contribution in [3.8, 4) is 5.75 Å². The first-order chi connectivity index (χ1) is 23.3. The Labute approximate surface area is 276 Å². The molecule has 4 aromatic carbocycles. The SMILES string of the molecule is COc1ccc(C(O[C@@H]2[C@@H](O)[C@H](O)[C@@H](CO)O[C@H]2n2ccc(NC(=O)c3ccccc3)nc2=O)(c2ccccc2)c2ccccc2)cc1. The van der Waals surface area contributed by atoms with Crippen molar-refractivity contribution >= 4 is 11.7 Å². The van der Waals surface area contributed by atoms with Crippen molar-refractivity contribution in [3.05, 3.63) is 160 Å². The number of hydrogen-bond donors (Lipinski definition) is 4. The number of aliphatic hydroxyl groups excluding tert-OH is 3. The van der Waals surface area contributed by atoms with E-state index < -0.39 is 54.4 Å². The summed E-state index contributed by atoms with van der Waals surface area (Å²) in [5, 5.41) is 35.4. The van der Waals surface area contributed by atoms with Crippen LogP contribution in [-0.2, 0) is 15.1 Å². The average Bonchev–Trinajstić information content (AvgIpc) is 3.14. The molecule has 0 aliphatic carbocycles. The van der Waals surface area contributed by atoms with Crippen LogP contribution in [0.4, 0.5) is 5.82 Å². The van der Waals surface area contributed by atoms with E-state index in [1.165, 1.54) is 12.3 Å². The highest BCUT2D eigenvalue weighted by atomic mass is 16.6. The predicted octanol–water partition coefficient (Wildman–Crippen LogP) is 3.49. The van der Waals surface area contributed by atoms with Gasteiger partial charge in [0.15, 0.2) is 6.23 Å². The Hall–Kier alpha value is -5.17. The number of carbonyl (C=O) groups excluding carboxylic acids is 1. The van der Waals surface area contributed by atoms with Crippen LogP contribution in [0.2, 0.25) is 0 Å². The van der Waals surface area contributed by atoms with Crippen LogP contribution in [-0.4, -0.2) is 68.9 Å². The number of methoxy groups -OCH3 is 1. The summed E-state index contributed by atoms with van der Waals surface area (Å²) in [5.74, 6) is 0.161. The minimum Gasteiger partial charge on any atom is -0.497 e. The Balaban J connectivity index is 1.46. The summed E-state index contributed by atoms with van der Waals surface area (Å²) in [6, 6.07) is 35.9. The van der Waals surface area contributed by atoms with Gasteiger partial charge < -0.3 is 34.8 Å². The van der Waals surface area contributed by atoms with Gasteiger partial charge in [0.25, 0.3) is 5.91 Å². The first-order valence-corrected chi connectivity index (χ1v) is 15.4. The second-order valence-corrected chi connectivity index (χ2v) is 11.3. The van der Waals surface area contributed by atoms with E-state index in [9.17, 15) is 24.9 Å². The number of aliphatic hydroxyl groups is 3. The van der Waals surface area contributed by atoms with E-state index >= 15 is 0 Å². The first-order valence-electron chi connectivity index (χ1n) is 15.4. The number of anilines is 1. The maximum Gasteiger partial charge on any atom is 0.351 e. The first kappa shape index (κ1) is 32.8. The fraction of sp³-hybridized carbons (Fsp3) is 0.216. The van der Waals surface area contributed by atoms with Crippen molar-refractivity contribution in [2.24, 2.45) is 0 Å². The molecular formula is C37H35N3O8. The summed E-state index contributed by atoms with van der Waals surface area (Å²) in [7, 11) is 1.57. The molecular weight excluding hydrogens is 614 g/mol. The van der Waals surface area contributed by atoms with Crippen molar-refractivity contribution in [2.45, 2.75) is 36.2 Å². The van der Waals surface area contributed by atoms with Gasteiger partial charge in [-0.2, -0.15) is 4.98 Å². The molecule has 1 aliphatic heterocycles. The van der Waals surface area contributed by atoms with Crippen LogP contribution in [0.3, 0.4) is 0 Å². The molecule has 1 saturated heterocycles. The maximum absolute atomic E-state index is 13.6. The standard InChI is InChI=1S/C37H35N3O8/c1-46-28-19-17-27(18-20-28)37(25-13-7-3-8-14-25,26-15-9-4-10-16-26)48-33-32(43)31(42)29(23-41)47-35(33)40-22-21-30(39-36(40)45)38-34(44)24-11-5-2-6-12-24/h2-22,29,31-33,35,41-43H,23H2,1H3,(H,38,39,44,45)/t29-,31-,32+,33-,35-/m1/s1. The lowest BCUT2D eigenvalue weighted by molar-refractivity contribution is -0.279. The number of hydrogen-bond acceptors (Lipinski definition) is 9. The van der Waals surface area contributed by atoms with Gasteiger partial charge in [-0.05, 0) is 47.0 Å². The van der Waals surface area contributed by atoms with Crippen LogP contribution in [0.15, 0.2) is 132 Å². The van der Waals surface area contributed by atoms with Crippen molar-refractivity contribution in [1.82, 2.24) is 9.55 Å². The number of benzene rings is 4. The Bertz CT molecular complexity index is 1830. The van der Waals surface area contributed by atoms with Gasteiger partial charge in [0, 0.05) is 11.8 Å². The molecule has 246 valence electrons. The highest BCUT2D eigenvalue weighted by Gasteiger charge is 2.51. The van der Waals surface area contributed by atoms with Crippen molar-refractivity contribution in [3.63, 3.8) is 0 Å². The number of nitrogens with one attached hydrogen (secondary N) is 1. The fourth-order valence-electron chi connectivity index (χ4n) is 5.96.